The van der Waals surface area contributed by atoms with Gasteiger partial charge < -0.3 is 10.6 Å². The van der Waals surface area contributed by atoms with Crippen LogP contribution in [-0.4, -0.2) is 53.4 Å². The molecule has 1 fully saturated rings. The third-order valence-corrected chi connectivity index (χ3v) is 4.85. The van der Waals surface area contributed by atoms with Crippen LogP contribution >= 0.6 is 24.0 Å². The molecule has 0 saturated carbocycles. The summed E-state index contributed by atoms with van der Waals surface area (Å²) < 4.78 is 1.95. The van der Waals surface area contributed by atoms with Crippen LogP contribution in [0.5, 0.6) is 0 Å². The molecule has 3 rings (SSSR count). The molecule has 1 aromatic carbocycles. The van der Waals surface area contributed by atoms with Crippen molar-refractivity contribution in [1.82, 2.24) is 25.3 Å². The summed E-state index contributed by atoms with van der Waals surface area (Å²) in [5, 5.41) is 11.2. The lowest BCUT2D eigenvalue weighted by Crippen LogP contribution is -2.45. The minimum absolute atomic E-state index is 0. The van der Waals surface area contributed by atoms with Crippen LogP contribution < -0.4 is 10.6 Å². The zero-order valence-electron chi connectivity index (χ0n) is 16.3. The van der Waals surface area contributed by atoms with Gasteiger partial charge in [-0.25, -0.2) is 0 Å². The topological polar surface area (TPSA) is 57.5 Å². The Morgan fingerprint density at radius 1 is 1.26 bits per heavy atom. The smallest absolute Gasteiger partial charge is 0.191 e. The van der Waals surface area contributed by atoms with Gasteiger partial charge in [-0.1, -0.05) is 30.3 Å². The summed E-state index contributed by atoms with van der Waals surface area (Å²) in [6.45, 7) is 6.81. The fraction of sp³-hybridized carbons (Fsp3) is 0.500. The van der Waals surface area contributed by atoms with Gasteiger partial charge in [0.2, 0.25) is 0 Å². The molecule has 7 heteroatoms. The molecule has 1 aromatic heterocycles. The first-order valence-corrected chi connectivity index (χ1v) is 9.46. The Kier molecular flexibility index (Phi) is 9.06. The van der Waals surface area contributed by atoms with Crippen LogP contribution in [0.1, 0.15) is 24.0 Å². The van der Waals surface area contributed by atoms with Crippen LogP contribution in [0.15, 0.2) is 47.7 Å². The molecule has 1 aliphatic heterocycles. The summed E-state index contributed by atoms with van der Waals surface area (Å²) in [4.78, 5) is 6.91. The zero-order chi connectivity index (χ0) is 18.2. The van der Waals surface area contributed by atoms with Crippen molar-refractivity contribution in [3.63, 3.8) is 0 Å². The van der Waals surface area contributed by atoms with Gasteiger partial charge in [0.1, 0.15) is 0 Å². The maximum atomic E-state index is 4.34. The van der Waals surface area contributed by atoms with E-state index >= 15 is 0 Å². The van der Waals surface area contributed by atoms with E-state index in [1.54, 1.807) is 0 Å². The van der Waals surface area contributed by atoms with Crippen molar-refractivity contribution >= 4 is 29.9 Å². The lowest BCUT2D eigenvalue weighted by Gasteiger charge is -2.25. The number of rotatable bonds is 7. The van der Waals surface area contributed by atoms with Crippen molar-refractivity contribution in [3.8, 4) is 0 Å². The Labute approximate surface area is 179 Å². The molecular weight excluding hydrogens is 451 g/mol. The Hall–Kier alpha value is -1.61. The molecule has 0 amide bonds. The van der Waals surface area contributed by atoms with Crippen LogP contribution in [0.2, 0.25) is 0 Å². The lowest BCUT2D eigenvalue weighted by molar-refractivity contribution is 0.245. The van der Waals surface area contributed by atoms with Crippen molar-refractivity contribution in [2.45, 2.75) is 38.9 Å². The van der Waals surface area contributed by atoms with E-state index in [1.807, 2.05) is 17.9 Å². The number of nitrogens with zero attached hydrogens (tertiary/aromatic N) is 4. The number of benzene rings is 1. The second-order valence-corrected chi connectivity index (χ2v) is 6.91. The van der Waals surface area contributed by atoms with Gasteiger partial charge in [-0.15, -0.1) is 24.0 Å². The summed E-state index contributed by atoms with van der Waals surface area (Å²) in [6, 6.07) is 11.3. The van der Waals surface area contributed by atoms with Gasteiger partial charge in [0.05, 0.1) is 12.7 Å². The predicted molar refractivity (Wildman–Crippen MR) is 122 cm³/mol. The summed E-state index contributed by atoms with van der Waals surface area (Å²) in [5.74, 6) is 0.862. The van der Waals surface area contributed by atoms with Crippen LogP contribution in [0.4, 0.5) is 0 Å². The number of aryl methyl sites for hydroxylation is 1. The van der Waals surface area contributed by atoms with Crippen LogP contribution in [0.25, 0.3) is 0 Å². The molecule has 2 heterocycles. The zero-order valence-corrected chi connectivity index (χ0v) is 18.6. The van der Waals surface area contributed by atoms with Gasteiger partial charge in [-0.2, -0.15) is 5.10 Å². The molecule has 2 N–H and O–H groups in total. The van der Waals surface area contributed by atoms with Crippen LogP contribution in [0, 0.1) is 6.92 Å². The molecule has 148 valence electrons. The first kappa shape index (κ1) is 21.7. The fourth-order valence-corrected chi connectivity index (χ4v) is 3.47. The van der Waals surface area contributed by atoms with E-state index in [-0.39, 0.29) is 24.0 Å². The molecule has 1 aliphatic rings. The summed E-state index contributed by atoms with van der Waals surface area (Å²) in [7, 11) is 1.82. The normalized spacial score (nSPS) is 17.6. The highest BCUT2D eigenvalue weighted by atomic mass is 127. The quantitative estimate of drug-likeness (QED) is 0.362. The third kappa shape index (κ3) is 6.80. The molecule has 0 spiro atoms. The van der Waals surface area contributed by atoms with Gasteiger partial charge in [0, 0.05) is 38.9 Å². The number of guanidine groups is 1. The lowest BCUT2D eigenvalue weighted by atomic mass is 10.2. The maximum Gasteiger partial charge on any atom is 0.191 e. The number of hydrogen-bond acceptors (Lipinski definition) is 3. The van der Waals surface area contributed by atoms with Gasteiger partial charge in [-0.05, 0) is 37.4 Å². The number of hydrogen-bond donors (Lipinski definition) is 2. The van der Waals surface area contributed by atoms with Crippen molar-refractivity contribution in [2.24, 2.45) is 4.99 Å². The second-order valence-electron chi connectivity index (χ2n) is 6.91. The highest BCUT2D eigenvalue weighted by molar-refractivity contribution is 14.0. The van der Waals surface area contributed by atoms with E-state index in [9.17, 15) is 0 Å². The average Bonchev–Trinajstić information content (AvgIpc) is 3.27. The molecule has 0 radical (unpaired) electrons. The number of aliphatic imine (C=N–C) groups is 1. The van der Waals surface area contributed by atoms with Crippen molar-refractivity contribution in [3.05, 3.63) is 53.9 Å². The highest BCUT2D eigenvalue weighted by Gasteiger charge is 2.24. The first-order valence-electron chi connectivity index (χ1n) is 9.46. The first-order chi connectivity index (χ1) is 12.7. The molecule has 0 aliphatic carbocycles. The number of halogens is 1. The maximum absolute atomic E-state index is 4.34. The molecular formula is C20H31IN6. The summed E-state index contributed by atoms with van der Waals surface area (Å²) in [6.07, 6.45) is 6.44. The molecule has 1 atom stereocenters. The standard InChI is InChI=1S/C20H30N6.HI/c1-17-13-24-26(15-17)12-10-22-20(21-2)23-14-19-9-6-11-25(19)16-18-7-4-3-5-8-18;/h3-5,7-8,13,15,19H,6,9-12,14,16H2,1-2H3,(H2,21,22,23);1H. The number of nitrogens with one attached hydrogen (secondary N) is 2. The van der Waals surface area contributed by atoms with E-state index in [0.717, 1.165) is 32.1 Å². The molecule has 0 bridgehead atoms. The van der Waals surface area contributed by atoms with Crippen LogP contribution in [0.3, 0.4) is 0 Å². The van der Waals surface area contributed by atoms with Crippen molar-refractivity contribution < 1.29 is 0 Å². The van der Waals surface area contributed by atoms with E-state index in [0.29, 0.717) is 6.04 Å². The minimum Gasteiger partial charge on any atom is -0.355 e. The van der Waals surface area contributed by atoms with Gasteiger partial charge in [0.15, 0.2) is 5.96 Å². The molecule has 27 heavy (non-hydrogen) atoms. The fourth-order valence-electron chi connectivity index (χ4n) is 3.47. The Bertz CT molecular complexity index is 700. The minimum atomic E-state index is 0. The molecule has 2 aromatic rings. The third-order valence-electron chi connectivity index (χ3n) is 4.85. The van der Waals surface area contributed by atoms with Gasteiger partial charge in [0.25, 0.3) is 0 Å². The largest absolute Gasteiger partial charge is 0.355 e. The molecule has 1 saturated heterocycles. The number of likely N-dealkylation sites (tertiary alicyclic amines) is 1. The Morgan fingerprint density at radius 3 is 2.78 bits per heavy atom. The van der Waals surface area contributed by atoms with E-state index in [2.05, 4.69) is 69.1 Å². The predicted octanol–water partition coefficient (Wildman–Crippen LogP) is 2.64. The van der Waals surface area contributed by atoms with Crippen molar-refractivity contribution in [1.29, 1.82) is 0 Å². The monoisotopic (exact) mass is 482 g/mol. The Morgan fingerprint density at radius 2 is 2.07 bits per heavy atom. The molecule has 6 nitrogen and oxygen atoms in total. The van der Waals surface area contributed by atoms with Crippen LogP contribution in [-0.2, 0) is 13.1 Å². The highest BCUT2D eigenvalue weighted by Crippen LogP contribution is 2.19. The van der Waals surface area contributed by atoms with Crippen molar-refractivity contribution in [2.75, 3.05) is 26.7 Å². The molecule has 1 unspecified atom stereocenters. The van der Waals surface area contributed by atoms with Gasteiger partial charge >= 0.3 is 0 Å². The van der Waals surface area contributed by atoms with Gasteiger partial charge in [-0.3, -0.25) is 14.6 Å². The van der Waals surface area contributed by atoms with E-state index < -0.39 is 0 Å². The average molecular weight is 482 g/mol. The summed E-state index contributed by atoms with van der Waals surface area (Å²) >= 11 is 0. The second kappa shape index (κ2) is 11.3. The SMILES string of the molecule is CN=C(NCCn1cc(C)cn1)NCC1CCCN1Cc1ccccc1.I. The Balaban J connectivity index is 0.00000261. The van der Waals surface area contributed by atoms with E-state index in [4.69, 9.17) is 0 Å². The van der Waals surface area contributed by atoms with E-state index in [1.165, 1.54) is 30.5 Å². The summed E-state index contributed by atoms with van der Waals surface area (Å²) in [5.41, 5.74) is 2.57. The number of aromatic nitrogens is 2.